The molecule has 0 saturated carbocycles. The summed E-state index contributed by atoms with van der Waals surface area (Å²) in [6, 6.07) is 21.5. The van der Waals surface area contributed by atoms with Crippen LogP contribution in [0.25, 0.3) is 10.9 Å². The number of aryl methyl sites for hydroxylation is 1. The van der Waals surface area contributed by atoms with Gasteiger partial charge in [-0.2, -0.15) is 0 Å². The molecule has 1 N–H and O–H groups in total. The molecule has 0 aliphatic rings. The van der Waals surface area contributed by atoms with E-state index in [0.717, 1.165) is 22.8 Å². The van der Waals surface area contributed by atoms with E-state index < -0.39 is 5.97 Å². The summed E-state index contributed by atoms with van der Waals surface area (Å²) >= 11 is 0. The number of hydrogen-bond acceptors (Lipinski definition) is 7. The molecule has 4 rings (SSSR count). The van der Waals surface area contributed by atoms with Gasteiger partial charge in [0.2, 0.25) is 5.91 Å². The molecule has 3 aromatic carbocycles. The number of fused-ring (bicyclic) bond motifs is 1. The van der Waals surface area contributed by atoms with E-state index in [2.05, 4.69) is 5.32 Å². The molecule has 9 heteroatoms. The first kappa shape index (κ1) is 30.2. The minimum atomic E-state index is -0.506. The van der Waals surface area contributed by atoms with Crippen LogP contribution < -0.4 is 10.1 Å². The Morgan fingerprint density at radius 1 is 0.929 bits per heavy atom. The van der Waals surface area contributed by atoms with Crippen LogP contribution in [0, 0.1) is 13.8 Å². The van der Waals surface area contributed by atoms with Crippen LogP contribution in [0.4, 0.5) is 0 Å². The minimum absolute atomic E-state index is 0.0710. The monoisotopic (exact) mass is 569 g/mol. The van der Waals surface area contributed by atoms with Gasteiger partial charge < -0.3 is 19.7 Å². The van der Waals surface area contributed by atoms with Crippen LogP contribution in [0.2, 0.25) is 0 Å². The summed E-state index contributed by atoms with van der Waals surface area (Å²) in [4.78, 5) is 55.4. The molecule has 1 heterocycles. The standard InChI is InChI=1S/C33H35N3O6/c1-23-11-13-25(14-12-23)32(39)36-24(2)28(29-21-27(41-3)15-16-30(29)36)22-31(38)34-17-7-18-35(19-8-20-37)42-33(40)26-9-5-4-6-10-26/h4-6,9-16,20-21H,7-8,17-19,22H2,1-3H3,(H,34,38). The van der Waals surface area contributed by atoms with Gasteiger partial charge in [-0.3, -0.25) is 14.2 Å². The maximum absolute atomic E-state index is 13.5. The average molecular weight is 570 g/mol. The zero-order valence-electron chi connectivity index (χ0n) is 24.1. The second kappa shape index (κ2) is 14.2. The maximum atomic E-state index is 13.5. The van der Waals surface area contributed by atoms with Crippen LogP contribution in [0.5, 0.6) is 5.75 Å². The summed E-state index contributed by atoms with van der Waals surface area (Å²) in [5.41, 5.74) is 4.16. The lowest BCUT2D eigenvalue weighted by molar-refractivity contribution is -0.122. The lowest BCUT2D eigenvalue weighted by Crippen LogP contribution is -2.33. The third kappa shape index (κ3) is 7.30. The van der Waals surface area contributed by atoms with Crippen LogP contribution in [-0.4, -0.2) is 60.4 Å². The van der Waals surface area contributed by atoms with Crippen molar-refractivity contribution in [3.63, 3.8) is 0 Å². The number of nitrogens with one attached hydrogen (secondary N) is 1. The molecule has 218 valence electrons. The smallest absolute Gasteiger partial charge is 0.357 e. The Hall–Kier alpha value is -4.76. The van der Waals surface area contributed by atoms with E-state index in [1.54, 1.807) is 60.2 Å². The van der Waals surface area contributed by atoms with E-state index in [9.17, 15) is 19.2 Å². The van der Waals surface area contributed by atoms with Crippen molar-refractivity contribution in [3.05, 3.63) is 101 Å². The molecular formula is C33H35N3O6. The zero-order chi connectivity index (χ0) is 30.1. The SMILES string of the molecule is COc1ccc2c(c1)c(CC(=O)NCCCN(CCC=O)OC(=O)c1ccccc1)c(C)n2C(=O)c1ccc(C)cc1. The molecule has 0 spiro atoms. The van der Waals surface area contributed by atoms with Crippen molar-refractivity contribution in [2.75, 3.05) is 26.7 Å². The van der Waals surface area contributed by atoms with Gasteiger partial charge in [0.25, 0.3) is 5.91 Å². The molecule has 0 atom stereocenters. The Labute approximate surface area is 245 Å². The molecular weight excluding hydrogens is 534 g/mol. The van der Waals surface area contributed by atoms with Gasteiger partial charge in [0.15, 0.2) is 0 Å². The molecule has 4 aromatic rings. The van der Waals surface area contributed by atoms with E-state index in [1.165, 1.54) is 5.06 Å². The van der Waals surface area contributed by atoms with Crippen molar-refractivity contribution >= 4 is 35.0 Å². The molecule has 0 aliphatic carbocycles. The number of methoxy groups -OCH3 is 1. The number of nitrogens with zero attached hydrogens (tertiary/aromatic N) is 2. The number of benzene rings is 3. The van der Waals surface area contributed by atoms with Crippen LogP contribution in [0.3, 0.4) is 0 Å². The number of carbonyl (C=O) groups excluding carboxylic acids is 4. The number of aldehydes is 1. The average Bonchev–Trinajstić information content (AvgIpc) is 3.27. The molecule has 1 amide bonds. The Kier molecular flexibility index (Phi) is 10.2. The van der Waals surface area contributed by atoms with Gasteiger partial charge in [-0.1, -0.05) is 35.9 Å². The van der Waals surface area contributed by atoms with Crippen molar-refractivity contribution in [1.29, 1.82) is 0 Å². The Morgan fingerprint density at radius 3 is 2.36 bits per heavy atom. The molecule has 9 nitrogen and oxygen atoms in total. The summed E-state index contributed by atoms with van der Waals surface area (Å²) in [6.45, 7) is 4.74. The first-order valence-electron chi connectivity index (χ1n) is 13.8. The molecule has 0 aliphatic heterocycles. The topological polar surface area (TPSA) is 107 Å². The molecule has 0 saturated heterocycles. The first-order chi connectivity index (χ1) is 20.3. The van der Waals surface area contributed by atoms with Crippen LogP contribution >= 0.6 is 0 Å². The summed E-state index contributed by atoms with van der Waals surface area (Å²) in [5.74, 6) is -0.254. The number of hydroxylamine groups is 2. The number of carbonyl (C=O) groups is 4. The van der Waals surface area contributed by atoms with Crippen LogP contribution in [0.15, 0.2) is 72.8 Å². The van der Waals surface area contributed by atoms with E-state index in [4.69, 9.17) is 9.57 Å². The minimum Gasteiger partial charge on any atom is -0.497 e. The van der Waals surface area contributed by atoms with E-state index >= 15 is 0 Å². The highest BCUT2D eigenvalue weighted by molar-refractivity contribution is 6.05. The largest absolute Gasteiger partial charge is 0.497 e. The highest BCUT2D eigenvalue weighted by atomic mass is 16.7. The van der Waals surface area contributed by atoms with Crippen molar-refractivity contribution in [3.8, 4) is 5.75 Å². The van der Waals surface area contributed by atoms with E-state index in [-0.39, 0.29) is 31.2 Å². The summed E-state index contributed by atoms with van der Waals surface area (Å²) in [5, 5.41) is 5.14. The normalized spacial score (nSPS) is 11.0. The molecule has 0 unspecified atom stereocenters. The van der Waals surface area contributed by atoms with E-state index in [0.29, 0.717) is 47.6 Å². The highest BCUT2D eigenvalue weighted by Crippen LogP contribution is 2.30. The van der Waals surface area contributed by atoms with Gasteiger partial charge in [0, 0.05) is 42.7 Å². The van der Waals surface area contributed by atoms with Crippen molar-refractivity contribution < 1.29 is 28.8 Å². The van der Waals surface area contributed by atoms with Gasteiger partial charge in [-0.25, -0.2) is 4.79 Å². The molecule has 42 heavy (non-hydrogen) atoms. The molecule has 0 radical (unpaired) electrons. The second-order valence-corrected chi connectivity index (χ2v) is 9.96. The predicted molar refractivity (Wildman–Crippen MR) is 160 cm³/mol. The third-order valence-corrected chi connectivity index (χ3v) is 7.01. The molecule has 0 bridgehead atoms. The number of ether oxygens (including phenoxy) is 1. The summed E-state index contributed by atoms with van der Waals surface area (Å²) in [6.07, 6.45) is 1.54. The van der Waals surface area contributed by atoms with Gasteiger partial charge in [-0.05, 0) is 68.3 Å². The number of hydrogen-bond donors (Lipinski definition) is 1. The highest BCUT2D eigenvalue weighted by Gasteiger charge is 2.22. The van der Waals surface area contributed by atoms with Gasteiger partial charge in [-0.15, -0.1) is 5.06 Å². The van der Waals surface area contributed by atoms with E-state index in [1.807, 2.05) is 38.1 Å². The lowest BCUT2D eigenvalue weighted by atomic mass is 10.1. The Morgan fingerprint density at radius 2 is 1.67 bits per heavy atom. The summed E-state index contributed by atoms with van der Waals surface area (Å²) in [7, 11) is 1.57. The van der Waals surface area contributed by atoms with Crippen LogP contribution in [0.1, 0.15) is 50.4 Å². The van der Waals surface area contributed by atoms with Crippen molar-refractivity contribution in [2.45, 2.75) is 33.1 Å². The summed E-state index contributed by atoms with van der Waals surface area (Å²) < 4.78 is 7.06. The quantitative estimate of drug-likeness (QED) is 0.142. The fourth-order valence-corrected chi connectivity index (χ4v) is 4.75. The van der Waals surface area contributed by atoms with Gasteiger partial charge >= 0.3 is 5.97 Å². The van der Waals surface area contributed by atoms with Gasteiger partial charge in [0.1, 0.15) is 12.0 Å². The molecule has 0 fully saturated rings. The lowest BCUT2D eigenvalue weighted by Gasteiger charge is -2.20. The van der Waals surface area contributed by atoms with Crippen molar-refractivity contribution in [2.24, 2.45) is 0 Å². The Bertz CT molecular complexity index is 1560. The van der Waals surface area contributed by atoms with Crippen LogP contribution in [-0.2, 0) is 20.8 Å². The van der Waals surface area contributed by atoms with Crippen molar-refractivity contribution in [1.82, 2.24) is 14.9 Å². The maximum Gasteiger partial charge on any atom is 0.357 e. The Balaban J connectivity index is 1.43. The fourth-order valence-electron chi connectivity index (χ4n) is 4.75. The third-order valence-electron chi connectivity index (χ3n) is 7.01. The number of aromatic nitrogens is 1. The fraction of sp³-hybridized carbons (Fsp3) is 0.273. The second-order valence-electron chi connectivity index (χ2n) is 9.96. The zero-order valence-corrected chi connectivity index (χ0v) is 24.1. The molecule has 1 aromatic heterocycles. The number of rotatable bonds is 13. The number of amides is 1. The predicted octanol–water partition coefficient (Wildman–Crippen LogP) is 4.67. The van der Waals surface area contributed by atoms with Gasteiger partial charge in [0.05, 0.1) is 24.6 Å². The first-order valence-corrected chi connectivity index (χ1v) is 13.8.